The first-order valence-electron chi connectivity index (χ1n) is 5.25. The van der Waals surface area contributed by atoms with Gasteiger partial charge in [-0.3, -0.25) is 14.9 Å². The monoisotopic (exact) mass is 300 g/mol. The molecular formula is C11H13BrN2O3. The van der Waals surface area contributed by atoms with Gasteiger partial charge in [-0.1, -0.05) is 19.1 Å². The Hall–Kier alpha value is -1.43. The average molecular weight is 301 g/mol. The van der Waals surface area contributed by atoms with Crippen molar-refractivity contribution in [3.8, 4) is 0 Å². The van der Waals surface area contributed by atoms with Gasteiger partial charge in [0, 0.05) is 12.7 Å². The molecule has 6 heteroatoms. The van der Waals surface area contributed by atoms with Crippen LogP contribution in [0.2, 0.25) is 0 Å². The van der Waals surface area contributed by atoms with Crippen molar-refractivity contribution >= 4 is 21.6 Å². The second-order valence-electron chi connectivity index (χ2n) is 3.48. The van der Waals surface area contributed by atoms with Crippen LogP contribution < -0.4 is 5.43 Å². The summed E-state index contributed by atoms with van der Waals surface area (Å²) in [6.45, 7) is 2.65. The van der Waals surface area contributed by atoms with Gasteiger partial charge in [0.15, 0.2) is 0 Å². The Morgan fingerprint density at radius 1 is 1.47 bits per heavy atom. The van der Waals surface area contributed by atoms with Crippen LogP contribution >= 0.6 is 15.9 Å². The molecule has 0 bridgehead atoms. The molecule has 0 N–H and O–H groups in total. The first-order chi connectivity index (χ1) is 8.06. The highest BCUT2D eigenvalue weighted by Gasteiger charge is 2.15. The molecule has 0 spiro atoms. The molecule has 0 aliphatic rings. The quantitative estimate of drug-likeness (QED) is 0.477. The molecule has 1 rings (SSSR count). The number of halogens is 1. The van der Waals surface area contributed by atoms with E-state index in [-0.39, 0.29) is 4.47 Å². The van der Waals surface area contributed by atoms with Crippen LogP contribution in [0.1, 0.15) is 19.8 Å². The molecule has 92 valence electrons. The fourth-order valence-corrected chi connectivity index (χ4v) is 1.81. The molecule has 1 aromatic rings. The fraction of sp³-hybridized carbons (Fsp3) is 0.364. The zero-order chi connectivity index (χ0) is 12.8. The molecule has 0 atom stereocenters. The van der Waals surface area contributed by atoms with E-state index >= 15 is 0 Å². The van der Waals surface area contributed by atoms with Crippen LogP contribution in [0.3, 0.4) is 0 Å². The minimum Gasteiger partial charge on any atom is -0.347 e. The number of nitrogens with zero attached hydrogens (tertiary/aromatic N) is 2. The predicted molar refractivity (Wildman–Crippen MR) is 69.1 cm³/mol. The second-order valence-corrected chi connectivity index (χ2v) is 4.34. The molecule has 17 heavy (non-hydrogen) atoms. The van der Waals surface area contributed by atoms with Crippen molar-refractivity contribution in [2.45, 2.75) is 26.3 Å². The summed E-state index contributed by atoms with van der Waals surface area (Å²) in [5, 5.41) is 10.7. The molecular weight excluding hydrogens is 288 g/mol. The number of hydrogen-bond donors (Lipinski definition) is 0. The second kappa shape index (κ2) is 6.34. The van der Waals surface area contributed by atoms with Crippen molar-refractivity contribution < 1.29 is 4.92 Å². The highest BCUT2D eigenvalue weighted by Crippen LogP contribution is 2.11. The van der Waals surface area contributed by atoms with E-state index in [9.17, 15) is 14.9 Å². The maximum Gasteiger partial charge on any atom is 0.333 e. The van der Waals surface area contributed by atoms with Crippen LogP contribution in [0.4, 0.5) is 5.69 Å². The molecule has 1 heterocycles. The fourth-order valence-electron chi connectivity index (χ4n) is 1.35. The van der Waals surface area contributed by atoms with E-state index in [1.807, 2.05) is 19.1 Å². The minimum absolute atomic E-state index is 0.214. The SMILES string of the molecule is CCC=CCCn1cc(Br)c(=O)c([N+](=O)[O-])c1. The van der Waals surface area contributed by atoms with Crippen molar-refractivity contribution in [2.24, 2.45) is 0 Å². The van der Waals surface area contributed by atoms with Gasteiger partial charge in [0.25, 0.3) is 5.43 Å². The molecule has 0 amide bonds. The summed E-state index contributed by atoms with van der Waals surface area (Å²) in [5.74, 6) is 0. The number of hydrogen-bond acceptors (Lipinski definition) is 3. The van der Waals surface area contributed by atoms with E-state index in [1.165, 1.54) is 6.20 Å². The number of pyridine rings is 1. The van der Waals surface area contributed by atoms with E-state index in [1.54, 1.807) is 10.8 Å². The Kier molecular flexibility index (Phi) is 5.09. The molecule has 0 aromatic carbocycles. The Labute approximate surface area is 107 Å². The lowest BCUT2D eigenvalue weighted by Gasteiger charge is -2.04. The molecule has 0 unspecified atom stereocenters. The number of aryl methyl sites for hydroxylation is 1. The third kappa shape index (κ3) is 3.81. The normalized spacial score (nSPS) is 10.9. The number of nitro groups is 1. The van der Waals surface area contributed by atoms with Crippen molar-refractivity contribution in [1.29, 1.82) is 0 Å². The van der Waals surface area contributed by atoms with Crippen LogP contribution in [0.5, 0.6) is 0 Å². The van der Waals surface area contributed by atoms with Crippen molar-refractivity contribution in [3.63, 3.8) is 0 Å². The average Bonchev–Trinajstić information content (AvgIpc) is 2.28. The highest BCUT2D eigenvalue weighted by molar-refractivity contribution is 9.10. The van der Waals surface area contributed by atoms with Crippen molar-refractivity contribution in [3.05, 3.63) is 49.4 Å². The van der Waals surface area contributed by atoms with E-state index < -0.39 is 16.0 Å². The highest BCUT2D eigenvalue weighted by atomic mass is 79.9. The third-order valence-electron chi connectivity index (χ3n) is 2.17. The largest absolute Gasteiger partial charge is 0.347 e. The maximum absolute atomic E-state index is 11.4. The number of allylic oxidation sites excluding steroid dienone is 2. The lowest BCUT2D eigenvalue weighted by Crippen LogP contribution is -2.13. The van der Waals surface area contributed by atoms with Crippen LogP contribution in [0, 0.1) is 10.1 Å². The Bertz CT molecular complexity index is 494. The molecule has 0 aliphatic carbocycles. The molecule has 0 radical (unpaired) electrons. The molecule has 5 nitrogen and oxygen atoms in total. The molecule has 1 aromatic heterocycles. The summed E-state index contributed by atoms with van der Waals surface area (Å²) < 4.78 is 1.86. The maximum atomic E-state index is 11.4. The first kappa shape index (κ1) is 13.6. The van der Waals surface area contributed by atoms with Gasteiger partial charge in [-0.25, -0.2) is 0 Å². The summed E-state index contributed by atoms with van der Waals surface area (Å²) in [7, 11) is 0. The zero-order valence-electron chi connectivity index (χ0n) is 9.43. The molecule has 0 saturated heterocycles. The van der Waals surface area contributed by atoms with Crippen LogP contribution in [-0.4, -0.2) is 9.49 Å². The summed E-state index contributed by atoms with van der Waals surface area (Å²) in [5.41, 5.74) is -0.991. The van der Waals surface area contributed by atoms with Gasteiger partial charge in [0.2, 0.25) is 0 Å². The van der Waals surface area contributed by atoms with Gasteiger partial charge in [0.1, 0.15) is 0 Å². The predicted octanol–water partition coefficient (Wildman–Crippen LogP) is 2.88. The molecule has 0 fully saturated rings. The van der Waals surface area contributed by atoms with Crippen molar-refractivity contribution in [1.82, 2.24) is 4.57 Å². The van der Waals surface area contributed by atoms with E-state index in [0.29, 0.717) is 6.54 Å². The van der Waals surface area contributed by atoms with Crippen LogP contribution in [-0.2, 0) is 6.54 Å². The lowest BCUT2D eigenvalue weighted by molar-refractivity contribution is -0.386. The zero-order valence-corrected chi connectivity index (χ0v) is 11.0. The number of aromatic nitrogens is 1. The molecule has 0 saturated carbocycles. The van der Waals surface area contributed by atoms with Crippen molar-refractivity contribution in [2.75, 3.05) is 0 Å². The van der Waals surface area contributed by atoms with Crippen LogP contribution in [0.25, 0.3) is 0 Å². The Morgan fingerprint density at radius 3 is 2.76 bits per heavy atom. The van der Waals surface area contributed by atoms with Gasteiger partial charge in [-0.2, -0.15) is 0 Å². The van der Waals surface area contributed by atoms with Gasteiger partial charge >= 0.3 is 5.69 Å². The first-order valence-corrected chi connectivity index (χ1v) is 6.04. The minimum atomic E-state index is -0.661. The summed E-state index contributed by atoms with van der Waals surface area (Å²) in [4.78, 5) is 21.4. The van der Waals surface area contributed by atoms with E-state index in [4.69, 9.17) is 0 Å². The number of rotatable bonds is 5. The Balaban J connectivity index is 2.91. The topological polar surface area (TPSA) is 65.1 Å². The summed E-state index contributed by atoms with van der Waals surface area (Å²) in [6, 6.07) is 0. The molecule has 0 aliphatic heterocycles. The van der Waals surface area contributed by atoms with E-state index in [2.05, 4.69) is 15.9 Å². The van der Waals surface area contributed by atoms with E-state index in [0.717, 1.165) is 12.8 Å². The van der Waals surface area contributed by atoms with Gasteiger partial charge in [0.05, 0.1) is 15.6 Å². The van der Waals surface area contributed by atoms with Gasteiger partial charge < -0.3 is 4.57 Å². The van der Waals surface area contributed by atoms with Gasteiger partial charge in [-0.15, -0.1) is 0 Å². The van der Waals surface area contributed by atoms with Gasteiger partial charge in [-0.05, 0) is 28.8 Å². The smallest absolute Gasteiger partial charge is 0.333 e. The third-order valence-corrected chi connectivity index (χ3v) is 2.73. The van der Waals surface area contributed by atoms with Crippen LogP contribution in [0.15, 0.2) is 33.8 Å². The Morgan fingerprint density at radius 2 is 2.18 bits per heavy atom. The lowest BCUT2D eigenvalue weighted by atomic mass is 10.3. The standard InChI is InChI=1S/C11H13BrN2O3/c1-2-3-4-5-6-13-7-9(12)11(15)10(8-13)14(16)17/h3-4,7-8H,2,5-6H2,1H3. The summed E-state index contributed by atoms with van der Waals surface area (Å²) >= 11 is 3.03. The summed E-state index contributed by atoms with van der Waals surface area (Å²) in [6.07, 6.45) is 8.63.